The van der Waals surface area contributed by atoms with Gasteiger partial charge in [0.05, 0.1) is 17.6 Å². The smallest absolute Gasteiger partial charge is 0.224 e. The zero-order valence-electron chi connectivity index (χ0n) is 14.2. The maximum atomic E-state index is 12.0. The van der Waals surface area contributed by atoms with Crippen molar-refractivity contribution < 1.29 is 4.79 Å². The molecule has 2 saturated heterocycles. The number of fused-ring (bicyclic) bond motifs is 1. The summed E-state index contributed by atoms with van der Waals surface area (Å²) in [5.41, 5.74) is 3.00. The van der Waals surface area contributed by atoms with Gasteiger partial charge in [-0.15, -0.1) is 0 Å². The molecule has 0 aliphatic carbocycles. The number of nitrogens with one attached hydrogen (secondary N) is 1. The van der Waals surface area contributed by atoms with Gasteiger partial charge in [-0.3, -0.25) is 9.69 Å². The summed E-state index contributed by atoms with van der Waals surface area (Å²) in [6.45, 7) is 3.35. The molecule has 1 N–H and O–H groups in total. The van der Waals surface area contributed by atoms with Crippen molar-refractivity contribution in [2.75, 3.05) is 13.1 Å². The summed E-state index contributed by atoms with van der Waals surface area (Å²) in [6, 6.07) is 14.5. The van der Waals surface area contributed by atoms with Crippen LogP contribution in [0.1, 0.15) is 29.7 Å². The van der Waals surface area contributed by atoms with E-state index in [0.29, 0.717) is 12.6 Å². The van der Waals surface area contributed by atoms with E-state index in [2.05, 4.69) is 39.2 Å². The van der Waals surface area contributed by atoms with Crippen LogP contribution in [0.15, 0.2) is 42.6 Å². The predicted octanol–water partition coefficient (Wildman–Crippen LogP) is 2.12. The minimum Gasteiger partial charge on any atom is -0.354 e. The number of aromatic nitrogens is 1. The largest absolute Gasteiger partial charge is 0.354 e. The third-order valence-corrected chi connectivity index (χ3v) is 5.48. The first-order valence-electron chi connectivity index (χ1n) is 8.90. The summed E-state index contributed by atoms with van der Waals surface area (Å²) >= 11 is 0. The Bertz CT molecular complexity index is 819. The molecule has 2 atom stereocenters. The number of benzene rings is 1. The van der Waals surface area contributed by atoms with Crippen LogP contribution in [0, 0.1) is 17.2 Å². The summed E-state index contributed by atoms with van der Waals surface area (Å²) in [6.07, 6.45) is 4.15. The molecular weight excluding hydrogens is 312 g/mol. The number of hydrogen-bond acceptors (Lipinski definition) is 3. The topological polar surface area (TPSA) is 61.1 Å². The van der Waals surface area contributed by atoms with Crippen molar-refractivity contribution in [1.29, 1.82) is 5.26 Å². The van der Waals surface area contributed by atoms with Crippen LogP contribution in [0.4, 0.5) is 0 Å². The first kappa shape index (κ1) is 15.9. The molecule has 0 saturated carbocycles. The molecule has 5 nitrogen and oxygen atoms in total. The first-order chi connectivity index (χ1) is 12.3. The molecule has 25 heavy (non-hydrogen) atoms. The predicted molar refractivity (Wildman–Crippen MR) is 94.6 cm³/mol. The molecule has 2 aliphatic heterocycles. The highest BCUT2D eigenvalue weighted by Gasteiger charge is 2.40. The van der Waals surface area contributed by atoms with Gasteiger partial charge in [-0.1, -0.05) is 18.2 Å². The molecular formula is C20H22N4O. The van der Waals surface area contributed by atoms with E-state index in [-0.39, 0.29) is 11.8 Å². The van der Waals surface area contributed by atoms with Crippen molar-refractivity contribution in [3.8, 4) is 6.07 Å². The van der Waals surface area contributed by atoms with Crippen molar-refractivity contribution in [3.05, 3.63) is 59.4 Å². The standard InChI is InChI=1S/C20H22N4O/c21-11-15-5-1-2-6-16(15)13-23-9-3-7-17(23)14-24-10-4-8-18-19(24)12-22-20(18)25/h1-3,5-7,9,18-19H,4,8,10,12-14H2,(H,22,25)/t18-,19-/m1/s1. The molecule has 4 rings (SSSR count). The molecule has 1 aromatic heterocycles. The quantitative estimate of drug-likeness (QED) is 0.932. The highest BCUT2D eigenvalue weighted by atomic mass is 16.2. The van der Waals surface area contributed by atoms with Gasteiger partial charge in [-0.05, 0) is 43.1 Å². The maximum absolute atomic E-state index is 12.0. The second-order valence-corrected chi connectivity index (χ2v) is 6.93. The zero-order chi connectivity index (χ0) is 17.2. The van der Waals surface area contributed by atoms with Gasteiger partial charge in [-0.25, -0.2) is 0 Å². The Morgan fingerprint density at radius 3 is 2.96 bits per heavy atom. The van der Waals surface area contributed by atoms with Gasteiger partial charge < -0.3 is 9.88 Å². The highest BCUT2D eigenvalue weighted by molar-refractivity contribution is 5.82. The summed E-state index contributed by atoms with van der Waals surface area (Å²) in [5, 5.41) is 12.3. The van der Waals surface area contributed by atoms with Crippen molar-refractivity contribution in [2.45, 2.75) is 32.0 Å². The second-order valence-electron chi connectivity index (χ2n) is 6.93. The van der Waals surface area contributed by atoms with Gasteiger partial charge in [0.15, 0.2) is 0 Å². The SMILES string of the molecule is N#Cc1ccccc1Cn1cccc1CN1CCC[C@H]2C(=O)NC[C@H]21. The number of nitrogens with zero attached hydrogens (tertiary/aromatic N) is 3. The van der Waals surface area contributed by atoms with Gasteiger partial charge in [-0.2, -0.15) is 5.26 Å². The monoisotopic (exact) mass is 334 g/mol. The Balaban J connectivity index is 1.52. The van der Waals surface area contributed by atoms with E-state index < -0.39 is 0 Å². The minimum atomic E-state index is 0.150. The van der Waals surface area contributed by atoms with Crippen molar-refractivity contribution >= 4 is 5.91 Å². The van der Waals surface area contributed by atoms with Crippen molar-refractivity contribution in [1.82, 2.24) is 14.8 Å². The molecule has 5 heteroatoms. The number of hydrogen-bond donors (Lipinski definition) is 1. The summed E-state index contributed by atoms with van der Waals surface area (Å²) in [5.74, 6) is 0.365. The number of likely N-dealkylation sites (tertiary alicyclic amines) is 1. The summed E-state index contributed by atoms with van der Waals surface area (Å²) < 4.78 is 2.21. The maximum Gasteiger partial charge on any atom is 0.224 e. The van der Waals surface area contributed by atoms with Crippen LogP contribution in [-0.4, -0.2) is 34.5 Å². The average Bonchev–Trinajstić information content (AvgIpc) is 3.23. The summed E-state index contributed by atoms with van der Waals surface area (Å²) in [4.78, 5) is 14.4. The Labute approximate surface area is 147 Å². The Kier molecular flexibility index (Phi) is 4.29. The average molecular weight is 334 g/mol. The first-order valence-corrected chi connectivity index (χ1v) is 8.90. The number of piperidine rings is 1. The van der Waals surface area contributed by atoms with Gasteiger partial charge in [0, 0.05) is 37.6 Å². The van der Waals surface area contributed by atoms with E-state index >= 15 is 0 Å². The molecule has 1 amide bonds. The number of carbonyl (C=O) groups excluding carboxylic acids is 1. The fourth-order valence-electron chi connectivity index (χ4n) is 4.14. The van der Waals surface area contributed by atoms with Crippen LogP contribution in [0.25, 0.3) is 0 Å². The third-order valence-electron chi connectivity index (χ3n) is 5.48. The van der Waals surface area contributed by atoms with E-state index in [1.54, 1.807) is 0 Å². The second kappa shape index (κ2) is 6.73. The molecule has 1 aromatic carbocycles. The molecule has 0 unspecified atom stereocenters. The van der Waals surface area contributed by atoms with E-state index in [1.807, 2.05) is 24.3 Å². The lowest BCUT2D eigenvalue weighted by atomic mass is 9.91. The van der Waals surface area contributed by atoms with Crippen LogP contribution in [0.3, 0.4) is 0 Å². The molecule has 128 valence electrons. The van der Waals surface area contributed by atoms with Crippen LogP contribution >= 0.6 is 0 Å². The fraction of sp³-hybridized carbons (Fsp3) is 0.400. The molecule has 2 aliphatic rings. The molecule has 3 heterocycles. The number of amides is 1. The summed E-state index contributed by atoms with van der Waals surface area (Å²) in [7, 11) is 0. The number of rotatable bonds is 4. The van der Waals surface area contributed by atoms with Gasteiger partial charge in [0.1, 0.15) is 0 Å². The zero-order valence-corrected chi connectivity index (χ0v) is 14.2. The van der Waals surface area contributed by atoms with Crippen LogP contribution in [-0.2, 0) is 17.9 Å². The van der Waals surface area contributed by atoms with E-state index in [4.69, 9.17) is 0 Å². The Morgan fingerprint density at radius 2 is 2.08 bits per heavy atom. The molecule has 0 radical (unpaired) electrons. The Hall–Kier alpha value is -2.58. The van der Waals surface area contributed by atoms with Crippen LogP contribution in [0.5, 0.6) is 0 Å². The van der Waals surface area contributed by atoms with E-state index in [9.17, 15) is 10.1 Å². The van der Waals surface area contributed by atoms with Gasteiger partial charge in [0.25, 0.3) is 0 Å². The van der Waals surface area contributed by atoms with Crippen LogP contribution in [0.2, 0.25) is 0 Å². The van der Waals surface area contributed by atoms with E-state index in [1.165, 1.54) is 5.69 Å². The van der Waals surface area contributed by atoms with Crippen LogP contribution < -0.4 is 5.32 Å². The number of nitriles is 1. The lowest BCUT2D eigenvalue weighted by molar-refractivity contribution is -0.124. The van der Waals surface area contributed by atoms with Gasteiger partial charge in [0.2, 0.25) is 5.91 Å². The lowest BCUT2D eigenvalue weighted by Gasteiger charge is -2.36. The molecule has 2 aromatic rings. The Morgan fingerprint density at radius 1 is 1.20 bits per heavy atom. The fourth-order valence-corrected chi connectivity index (χ4v) is 4.14. The van der Waals surface area contributed by atoms with Gasteiger partial charge >= 0.3 is 0 Å². The van der Waals surface area contributed by atoms with Crippen molar-refractivity contribution in [2.24, 2.45) is 5.92 Å². The third kappa shape index (κ3) is 3.06. The van der Waals surface area contributed by atoms with Crippen molar-refractivity contribution in [3.63, 3.8) is 0 Å². The number of carbonyl (C=O) groups is 1. The minimum absolute atomic E-state index is 0.150. The lowest BCUT2D eigenvalue weighted by Crippen LogP contribution is -2.45. The molecule has 0 bridgehead atoms. The molecule has 2 fully saturated rings. The highest BCUT2D eigenvalue weighted by Crippen LogP contribution is 2.28. The normalized spacial score (nSPS) is 23.1. The van der Waals surface area contributed by atoms with E-state index in [0.717, 1.165) is 43.6 Å². The molecule has 0 spiro atoms.